The minimum absolute atomic E-state index is 0.0751. The molecule has 0 saturated carbocycles. The number of fused-ring (bicyclic) bond motifs is 1. The first-order valence-electron chi connectivity index (χ1n) is 10.6. The Hall–Kier alpha value is -3.45. The second-order valence-corrected chi connectivity index (χ2v) is 8.79. The maximum atomic E-state index is 13.0. The SMILES string of the molecule is COc1ccc(Nc2nc3cc(C(=O)N4CCSCC4)ccc3n2-c2ccccc2)cc1. The molecule has 3 aromatic carbocycles. The monoisotopic (exact) mass is 444 g/mol. The summed E-state index contributed by atoms with van der Waals surface area (Å²) in [6, 6.07) is 23.6. The van der Waals surface area contributed by atoms with E-state index < -0.39 is 0 Å². The predicted molar refractivity (Wildman–Crippen MR) is 131 cm³/mol. The molecule has 0 atom stereocenters. The van der Waals surface area contributed by atoms with Gasteiger partial charge in [-0.1, -0.05) is 18.2 Å². The number of aromatic nitrogens is 2. The minimum Gasteiger partial charge on any atom is -0.497 e. The number of methoxy groups -OCH3 is 1. The van der Waals surface area contributed by atoms with Gasteiger partial charge < -0.3 is 15.0 Å². The van der Waals surface area contributed by atoms with Gasteiger partial charge in [0.25, 0.3) is 5.91 Å². The number of amides is 1. The zero-order valence-corrected chi connectivity index (χ0v) is 18.6. The van der Waals surface area contributed by atoms with Gasteiger partial charge >= 0.3 is 0 Å². The fourth-order valence-corrected chi connectivity index (χ4v) is 4.79. The Balaban J connectivity index is 1.55. The van der Waals surface area contributed by atoms with Gasteiger partial charge in [-0.15, -0.1) is 0 Å². The van der Waals surface area contributed by atoms with Crippen molar-refractivity contribution in [3.63, 3.8) is 0 Å². The van der Waals surface area contributed by atoms with Crippen LogP contribution in [0.3, 0.4) is 0 Å². The first-order chi connectivity index (χ1) is 15.7. The molecule has 1 aliphatic rings. The van der Waals surface area contributed by atoms with Gasteiger partial charge in [-0.2, -0.15) is 11.8 Å². The highest BCUT2D eigenvalue weighted by molar-refractivity contribution is 7.99. The molecule has 5 rings (SSSR count). The summed E-state index contributed by atoms with van der Waals surface area (Å²) in [6.45, 7) is 1.59. The molecule has 32 heavy (non-hydrogen) atoms. The van der Waals surface area contributed by atoms with Crippen molar-refractivity contribution in [1.82, 2.24) is 14.5 Å². The standard InChI is InChI=1S/C25H24N4O2S/c1-31-21-10-8-19(9-11-21)26-25-27-22-17-18(24(30)28-13-15-32-16-14-28)7-12-23(22)29(25)20-5-3-2-4-6-20/h2-12,17H,13-16H2,1H3,(H,26,27). The lowest BCUT2D eigenvalue weighted by Crippen LogP contribution is -2.37. The Labute approximate surface area is 191 Å². The maximum Gasteiger partial charge on any atom is 0.253 e. The van der Waals surface area contributed by atoms with E-state index in [-0.39, 0.29) is 5.91 Å². The molecule has 1 fully saturated rings. The molecule has 4 aromatic rings. The van der Waals surface area contributed by atoms with Gasteiger partial charge in [0.1, 0.15) is 5.75 Å². The molecule has 1 N–H and O–H groups in total. The second kappa shape index (κ2) is 8.96. The Morgan fingerprint density at radius 2 is 1.75 bits per heavy atom. The van der Waals surface area contributed by atoms with Gasteiger partial charge in [0.2, 0.25) is 5.95 Å². The van der Waals surface area contributed by atoms with Crippen LogP contribution in [0.1, 0.15) is 10.4 Å². The molecule has 1 aromatic heterocycles. The van der Waals surface area contributed by atoms with E-state index in [0.717, 1.165) is 52.8 Å². The van der Waals surface area contributed by atoms with E-state index in [9.17, 15) is 4.79 Å². The third-order valence-electron chi connectivity index (χ3n) is 5.56. The summed E-state index contributed by atoms with van der Waals surface area (Å²) in [5.74, 6) is 3.55. The molecule has 0 aliphatic carbocycles. The molecule has 1 amide bonds. The molecule has 0 radical (unpaired) electrons. The highest BCUT2D eigenvalue weighted by Crippen LogP contribution is 2.29. The number of carbonyl (C=O) groups excluding carboxylic acids is 1. The number of hydrogen-bond donors (Lipinski definition) is 1. The molecule has 7 heteroatoms. The summed E-state index contributed by atoms with van der Waals surface area (Å²) in [4.78, 5) is 19.8. The summed E-state index contributed by atoms with van der Waals surface area (Å²) in [5.41, 5.74) is 4.30. The third kappa shape index (κ3) is 4.03. The predicted octanol–water partition coefficient (Wildman–Crippen LogP) is 4.97. The molecule has 1 saturated heterocycles. The molecule has 1 aliphatic heterocycles. The summed E-state index contributed by atoms with van der Waals surface area (Å²) in [5, 5.41) is 3.42. The topological polar surface area (TPSA) is 59.4 Å². The van der Waals surface area contributed by atoms with Gasteiger partial charge in [0.05, 0.1) is 18.1 Å². The normalized spacial score (nSPS) is 13.8. The van der Waals surface area contributed by atoms with E-state index in [4.69, 9.17) is 9.72 Å². The highest BCUT2D eigenvalue weighted by Gasteiger charge is 2.20. The van der Waals surface area contributed by atoms with Crippen LogP contribution in [0.2, 0.25) is 0 Å². The molecule has 0 bridgehead atoms. The number of rotatable bonds is 5. The van der Waals surface area contributed by atoms with Crippen molar-refractivity contribution in [1.29, 1.82) is 0 Å². The molecule has 6 nitrogen and oxygen atoms in total. The molecule has 0 unspecified atom stereocenters. The van der Waals surface area contributed by atoms with E-state index in [0.29, 0.717) is 11.5 Å². The average molecular weight is 445 g/mol. The van der Waals surface area contributed by atoms with Crippen molar-refractivity contribution in [2.24, 2.45) is 0 Å². The number of ether oxygens (including phenoxy) is 1. The zero-order valence-electron chi connectivity index (χ0n) is 17.8. The number of imidazole rings is 1. The van der Waals surface area contributed by atoms with Crippen molar-refractivity contribution in [3.8, 4) is 11.4 Å². The second-order valence-electron chi connectivity index (χ2n) is 7.57. The zero-order chi connectivity index (χ0) is 21.9. The van der Waals surface area contributed by atoms with Crippen LogP contribution in [-0.4, -0.2) is 52.1 Å². The number of nitrogens with one attached hydrogen (secondary N) is 1. The van der Waals surface area contributed by atoms with Crippen LogP contribution in [0.25, 0.3) is 16.7 Å². The average Bonchev–Trinajstić information content (AvgIpc) is 3.22. The van der Waals surface area contributed by atoms with Crippen LogP contribution >= 0.6 is 11.8 Å². The lowest BCUT2D eigenvalue weighted by atomic mass is 10.1. The lowest BCUT2D eigenvalue weighted by molar-refractivity contribution is 0.0772. The van der Waals surface area contributed by atoms with Crippen LogP contribution in [-0.2, 0) is 0 Å². The summed E-state index contributed by atoms with van der Waals surface area (Å²) in [6.07, 6.45) is 0. The Morgan fingerprint density at radius 1 is 1.00 bits per heavy atom. The number of para-hydroxylation sites is 1. The quantitative estimate of drug-likeness (QED) is 0.471. The van der Waals surface area contributed by atoms with Crippen LogP contribution < -0.4 is 10.1 Å². The first-order valence-corrected chi connectivity index (χ1v) is 11.7. The van der Waals surface area contributed by atoms with E-state index >= 15 is 0 Å². The first kappa shape index (κ1) is 20.5. The fourth-order valence-electron chi connectivity index (χ4n) is 3.89. The van der Waals surface area contributed by atoms with Crippen LogP contribution in [0, 0.1) is 0 Å². The summed E-state index contributed by atoms with van der Waals surface area (Å²) >= 11 is 1.89. The van der Waals surface area contributed by atoms with Crippen molar-refractivity contribution in [3.05, 3.63) is 78.4 Å². The van der Waals surface area contributed by atoms with Crippen molar-refractivity contribution in [2.75, 3.05) is 37.0 Å². The van der Waals surface area contributed by atoms with Crippen LogP contribution in [0.5, 0.6) is 5.75 Å². The van der Waals surface area contributed by atoms with Crippen molar-refractivity contribution in [2.45, 2.75) is 0 Å². The van der Waals surface area contributed by atoms with Crippen molar-refractivity contribution >= 4 is 40.3 Å². The molecular weight excluding hydrogens is 420 g/mol. The lowest BCUT2D eigenvalue weighted by Gasteiger charge is -2.26. The molecule has 162 valence electrons. The number of anilines is 2. The largest absolute Gasteiger partial charge is 0.497 e. The molecule has 0 spiro atoms. The smallest absolute Gasteiger partial charge is 0.253 e. The molecular formula is C25H24N4O2S. The van der Waals surface area contributed by atoms with Crippen LogP contribution in [0.15, 0.2) is 72.8 Å². The van der Waals surface area contributed by atoms with Gasteiger partial charge in [-0.25, -0.2) is 4.98 Å². The summed E-state index contributed by atoms with van der Waals surface area (Å²) in [7, 11) is 1.65. The van der Waals surface area contributed by atoms with Gasteiger partial charge in [0, 0.05) is 41.5 Å². The maximum absolute atomic E-state index is 13.0. The van der Waals surface area contributed by atoms with E-state index in [1.165, 1.54) is 0 Å². The minimum atomic E-state index is 0.0751. The Bertz CT molecular complexity index is 1230. The number of nitrogens with zero attached hydrogens (tertiary/aromatic N) is 3. The van der Waals surface area contributed by atoms with Gasteiger partial charge in [0.15, 0.2) is 0 Å². The van der Waals surface area contributed by atoms with Crippen LogP contribution in [0.4, 0.5) is 11.6 Å². The Kier molecular flexibility index (Phi) is 5.73. The third-order valence-corrected chi connectivity index (χ3v) is 6.50. The number of benzene rings is 3. The number of hydrogen-bond acceptors (Lipinski definition) is 5. The van der Waals surface area contributed by atoms with E-state index in [1.54, 1.807) is 7.11 Å². The highest BCUT2D eigenvalue weighted by atomic mass is 32.2. The fraction of sp³-hybridized carbons (Fsp3) is 0.200. The number of carbonyl (C=O) groups is 1. The van der Waals surface area contributed by atoms with E-state index in [1.807, 2.05) is 89.5 Å². The molecule has 2 heterocycles. The van der Waals surface area contributed by atoms with Gasteiger partial charge in [-0.05, 0) is 54.6 Å². The summed E-state index contributed by atoms with van der Waals surface area (Å²) < 4.78 is 7.33. The van der Waals surface area contributed by atoms with Gasteiger partial charge in [-0.3, -0.25) is 9.36 Å². The Morgan fingerprint density at radius 3 is 2.47 bits per heavy atom. The van der Waals surface area contributed by atoms with Crippen molar-refractivity contribution < 1.29 is 9.53 Å². The van der Waals surface area contributed by atoms with E-state index in [2.05, 4.69) is 9.88 Å². The number of thioether (sulfide) groups is 1.